The van der Waals surface area contributed by atoms with Crippen LogP contribution in [0.15, 0.2) is 108 Å². The standard InChI is InChI=1S/C29H24F2N4OS/c1-19(29(36,15-23-16-32-18-34-23)25-13-12-22(30)14-26(25)31)20-8-10-21(11-9-20)27-17-33-28(35(27)2)37-24-6-4-3-5-7-24/h3-14,16-18,36H,1,15H2,2H3,(H,32,34)/t29-/m1/s1. The first-order chi connectivity index (χ1) is 17.8. The molecule has 8 heteroatoms. The van der Waals surface area contributed by atoms with Crippen LogP contribution in [-0.4, -0.2) is 24.6 Å². The highest BCUT2D eigenvalue weighted by Crippen LogP contribution is 2.40. The van der Waals surface area contributed by atoms with E-state index in [4.69, 9.17) is 0 Å². The summed E-state index contributed by atoms with van der Waals surface area (Å²) in [5, 5.41) is 12.7. The van der Waals surface area contributed by atoms with Gasteiger partial charge in [-0.3, -0.25) is 0 Å². The van der Waals surface area contributed by atoms with Crippen molar-refractivity contribution in [2.24, 2.45) is 7.05 Å². The molecule has 0 bridgehead atoms. The zero-order chi connectivity index (χ0) is 26.0. The van der Waals surface area contributed by atoms with E-state index in [0.717, 1.165) is 33.4 Å². The Hall–Kier alpha value is -4.01. The highest BCUT2D eigenvalue weighted by molar-refractivity contribution is 7.99. The number of aromatic nitrogens is 4. The molecule has 37 heavy (non-hydrogen) atoms. The smallest absolute Gasteiger partial charge is 0.173 e. The molecule has 1 atom stereocenters. The minimum absolute atomic E-state index is 0.0159. The van der Waals surface area contributed by atoms with Gasteiger partial charge in [-0.15, -0.1) is 0 Å². The van der Waals surface area contributed by atoms with E-state index in [-0.39, 0.29) is 17.6 Å². The fourth-order valence-corrected chi connectivity index (χ4v) is 5.12. The second-order valence-electron chi connectivity index (χ2n) is 8.69. The monoisotopic (exact) mass is 514 g/mol. The van der Waals surface area contributed by atoms with Gasteiger partial charge in [-0.2, -0.15) is 0 Å². The maximum atomic E-state index is 14.9. The average Bonchev–Trinajstić information content (AvgIpc) is 3.54. The Morgan fingerprint density at radius 1 is 1.05 bits per heavy atom. The van der Waals surface area contributed by atoms with Gasteiger partial charge in [0.1, 0.15) is 17.2 Å². The molecule has 0 aliphatic rings. The van der Waals surface area contributed by atoms with Gasteiger partial charge in [-0.05, 0) is 41.0 Å². The number of halogens is 2. The van der Waals surface area contributed by atoms with Crippen molar-refractivity contribution in [3.8, 4) is 11.3 Å². The minimum Gasteiger partial charge on any atom is -0.380 e. The van der Waals surface area contributed by atoms with Crippen LogP contribution < -0.4 is 0 Å². The largest absolute Gasteiger partial charge is 0.380 e. The van der Waals surface area contributed by atoms with Gasteiger partial charge in [0.05, 0.1) is 18.2 Å². The Morgan fingerprint density at radius 2 is 1.81 bits per heavy atom. The molecule has 0 amide bonds. The van der Waals surface area contributed by atoms with Crippen molar-refractivity contribution in [2.75, 3.05) is 0 Å². The Bertz CT molecular complexity index is 1530. The summed E-state index contributed by atoms with van der Waals surface area (Å²) >= 11 is 1.58. The van der Waals surface area contributed by atoms with E-state index in [0.29, 0.717) is 11.3 Å². The van der Waals surface area contributed by atoms with Gasteiger partial charge in [0.2, 0.25) is 0 Å². The summed E-state index contributed by atoms with van der Waals surface area (Å²) in [6.07, 6.45) is 4.83. The molecular weight excluding hydrogens is 490 g/mol. The number of benzene rings is 3. The third-order valence-corrected chi connectivity index (χ3v) is 7.37. The van der Waals surface area contributed by atoms with Gasteiger partial charge >= 0.3 is 0 Å². The summed E-state index contributed by atoms with van der Waals surface area (Å²) in [6.45, 7) is 4.12. The third kappa shape index (κ3) is 4.98. The fourth-order valence-electron chi connectivity index (χ4n) is 4.28. The highest BCUT2D eigenvalue weighted by Gasteiger charge is 2.37. The maximum Gasteiger partial charge on any atom is 0.173 e. The molecule has 0 aliphatic carbocycles. The van der Waals surface area contributed by atoms with Crippen LogP contribution in [0.4, 0.5) is 8.78 Å². The van der Waals surface area contributed by atoms with Crippen molar-refractivity contribution in [1.29, 1.82) is 0 Å². The summed E-state index contributed by atoms with van der Waals surface area (Å²) in [4.78, 5) is 12.6. The molecular formula is C29H24F2N4OS. The van der Waals surface area contributed by atoms with E-state index in [9.17, 15) is 13.9 Å². The summed E-state index contributed by atoms with van der Waals surface area (Å²) in [7, 11) is 1.96. The van der Waals surface area contributed by atoms with Crippen LogP contribution in [-0.2, 0) is 19.1 Å². The molecule has 0 spiro atoms. The summed E-state index contributed by atoms with van der Waals surface area (Å²) < 4.78 is 30.5. The van der Waals surface area contributed by atoms with Gasteiger partial charge in [0, 0.05) is 41.9 Å². The molecule has 5 rings (SSSR count). The normalized spacial score (nSPS) is 12.9. The number of nitrogens with one attached hydrogen (secondary N) is 1. The van der Waals surface area contributed by atoms with Crippen molar-refractivity contribution >= 4 is 17.3 Å². The van der Waals surface area contributed by atoms with Gasteiger partial charge in [0.15, 0.2) is 5.16 Å². The van der Waals surface area contributed by atoms with Crippen molar-refractivity contribution in [3.05, 3.63) is 127 Å². The second-order valence-corrected chi connectivity index (χ2v) is 9.73. The molecule has 0 radical (unpaired) electrons. The Kier molecular flexibility index (Phi) is 6.78. The van der Waals surface area contributed by atoms with Crippen LogP contribution in [0, 0.1) is 11.6 Å². The van der Waals surface area contributed by atoms with E-state index < -0.39 is 17.2 Å². The predicted molar refractivity (Wildman–Crippen MR) is 141 cm³/mol. The lowest BCUT2D eigenvalue weighted by atomic mass is 9.79. The number of H-pyrrole nitrogens is 1. The van der Waals surface area contributed by atoms with Gasteiger partial charge < -0.3 is 14.7 Å². The molecule has 0 saturated heterocycles. The first kappa shape index (κ1) is 24.7. The lowest BCUT2D eigenvalue weighted by molar-refractivity contribution is 0.0959. The quantitative estimate of drug-likeness (QED) is 0.252. The number of aliphatic hydroxyl groups is 1. The molecule has 2 N–H and O–H groups in total. The molecule has 2 aromatic heterocycles. The van der Waals surface area contributed by atoms with Crippen molar-refractivity contribution in [1.82, 2.24) is 19.5 Å². The average molecular weight is 515 g/mol. The van der Waals surface area contributed by atoms with Gasteiger partial charge in [-0.1, -0.05) is 60.8 Å². The fraction of sp³-hybridized carbons (Fsp3) is 0.103. The van der Waals surface area contributed by atoms with Gasteiger partial charge in [-0.25, -0.2) is 18.7 Å². The number of imidazole rings is 2. The van der Waals surface area contributed by atoms with E-state index in [1.165, 1.54) is 12.4 Å². The Labute approximate surface area is 217 Å². The molecule has 2 heterocycles. The van der Waals surface area contributed by atoms with Crippen molar-refractivity contribution in [2.45, 2.75) is 22.1 Å². The molecule has 5 nitrogen and oxygen atoms in total. The molecule has 0 unspecified atom stereocenters. The molecule has 186 valence electrons. The molecule has 5 aromatic rings. The van der Waals surface area contributed by atoms with Crippen LogP contribution in [0.2, 0.25) is 0 Å². The van der Waals surface area contributed by atoms with Crippen molar-refractivity contribution in [3.63, 3.8) is 0 Å². The topological polar surface area (TPSA) is 66.7 Å². The Morgan fingerprint density at radius 3 is 2.49 bits per heavy atom. The van der Waals surface area contributed by atoms with Crippen LogP contribution in [0.25, 0.3) is 16.8 Å². The number of hydrogen-bond donors (Lipinski definition) is 2. The molecule has 0 aliphatic heterocycles. The molecule has 3 aromatic carbocycles. The summed E-state index contributed by atoms with van der Waals surface area (Å²) in [5.41, 5.74) is 1.44. The number of aromatic amines is 1. The van der Waals surface area contributed by atoms with Crippen LogP contribution >= 0.6 is 11.8 Å². The molecule has 0 saturated carbocycles. The van der Waals surface area contributed by atoms with Crippen LogP contribution in [0.5, 0.6) is 0 Å². The SMILES string of the molecule is C=C(c1ccc(-c2cnc(Sc3ccccc3)n2C)cc1)[C@](O)(Cc1cnc[nH]1)c1ccc(F)cc1F. The zero-order valence-electron chi connectivity index (χ0n) is 20.0. The molecule has 0 fully saturated rings. The first-order valence-corrected chi connectivity index (χ1v) is 12.4. The minimum atomic E-state index is -1.84. The Balaban J connectivity index is 1.45. The van der Waals surface area contributed by atoms with E-state index in [2.05, 4.69) is 21.5 Å². The van der Waals surface area contributed by atoms with E-state index in [1.807, 2.05) is 72.4 Å². The predicted octanol–water partition coefficient (Wildman–Crippen LogP) is 6.38. The zero-order valence-corrected chi connectivity index (χ0v) is 20.8. The lowest BCUT2D eigenvalue weighted by Crippen LogP contribution is -2.31. The number of hydrogen-bond acceptors (Lipinski definition) is 4. The summed E-state index contributed by atoms with van der Waals surface area (Å²) in [5.74, 6) is -1.57. The highest BCUT2D eigenvalue weighted by atomic mass is 32.2. The van der Waals surface area contributed by atoms with Crippen LogP contribution in [0.1, 0.15) is 16.8 Å². The first-order valence-electron chi connectivity index (χ1n) is 11.5. The number of nitrogens with zero attached hydrogens (tertiary/aromatic N) is 3. The van der Waals surface area contributed by atoms with Gasteiger partial charge in [0.25, 0.3) is 0 Å². The number of rotatable bonds is 8. The maximum absolute atomic E-state index is 14.9. The second kappa shape index (κ2) is 10.2. The van der Waals surface area contributed by atoms with Crippen molar-refractivity contribution < 1.29 is 13.9 Å². The third-order valence-electron chi connectivity index (χ3n) is 6.30. The van der Waals surface area contributed by atoms with E-state index in [1.54, 1.807) is 18.0 Å². The summed E-state index contributed by atoms with van der Waals surface area (Å²) in [6, 6.07) is 20.6. The lowest BCUT2D eigenvalue weighted by Gasteiger charge is -2.31. The van der Waals surface area contributed by atoms with Crippen LogP contribution in [0.3, 0.4) is 0 Å². The van der Waals surface area contributed by atoms with E-state index >= 15 is 0 Å².